The predicted molar refractivity (Wildman–Crippen MR) is 415 cm³/mol. The molecule has 546 valence electrons. The van der Waals surface area contributed by atoms with Crippen molar-refractivity contribution in [2.75, 3.05) is 44.4 Å². The van der Waals surface area contributed by atoms with Crippen LogP contribution in [0.1, 0.15) is 220 Å². The van der Waals surface area contributed by atoms with E-state index in [9.17, 15) is 24.3 Å². The molecule has 0 saturated carbocycles. The summed E-state index contributed by atoms with van der Waals surface area (Å²) in [6.45, 7) is 70.1. The zero-order valence-electron chi connectivity index (χ0n) is 65.4. The molecule has 0 aliphatic heterocycles. The molecule has 97 heavy (non-hydrogen) atoms. The fraction of sp³-hybridized carbons (Fsp3) is 0.641. The van der Waals surface area contributed by atoms with Crippen molar-refractivity contribution in [1.29, 1.82) is 0 Å². The SMILES string of the molecule is C=C(COc1ccc(C=C(C(=O)OCC)C(=O)OCC)cc1)[Si](C)(OC(CC)(CC)C(CC)(CC)[Si](C)(C)OC(CC)(CC)C(CC)(CC)[Si](C)(OC(CC)(CC)[Si](C)(C)C)C(=C)COC(=O)c1ccccc1C(=O)c1ccc(N(CC)CC)cc1O)C(CC)(CC)O[Si](C)(C)C. The van der Waals surface area contributed by atoms with Gasteiger partial charge in [0.25, 0.3) is 8.32 Å². The van der Waals surface area contributed by atoms with E-state index in [1.807, 2.05) is 32.0 Å². The minimum atomic E-state index is -3.54. The number of anilines is 1. The summed E-state index contributed by atoms with van der Waals surface area (Å²) in [6, 6.07) is 19.0. The highest BCUT2D eigenvalue weighted by atomic mass is 28.4. The van der Waals surface area contributed by atoms with Gasteiger partial charge in [0, 0.05) is 45.7 Å². The van der Waals surface area contributed by atoms with Crippen LogP contribution < -0.4 is 9.64 Å². The van der Waals surface area contributed by atoms with Crippen molar-refractivity contribution in [2.24, 2.45) is 0 Å². The van der Waals surface area contributed by atoms with Gasteiger partial charge in [-0.05, 0) is 203 Å². The first kappa shape index (κ1) is 86.5. The second-order valence-corrected chi connectivity index (χ2v) is 51.0. The molecule has 0 amide bonds. The lowest BCUT2D eigenvalue weighted by atomic mass is 9.78. The Labute approximate surface area is 593 Å². The number of rotatable bonds is 44. The Hall–Kier alpha value is -4.72. The average Bonchev–Trinajstić information content (AvgIpc) is 0.702. The molecule has 0 fully saturated rings. The van der Waals surface area contributed by atoms with Crippen molar-refractivity contribution in [3.05, 3.63) is 118 Å². The van der Waals surface area contributed by atoms with Crippen LogP contribution in [0.15, 0.2) is 95.9 Å². The van der Waals surface area contributed by atoms with Crippen molar-refractivity contribution < 1.29 is 60.9 Å². The second-order valence-electron chi connectivity index (χ2n) is 29.1. The van der Waals surface area contributed by atoms with Gasteiger partial charge in [-0.3, -0.25) is 4.79 Å². The minimum Gasteiger partial charge on any atom is -0.507 e. The van der Waals surface area contributed by atoms with Crippen LogP contribution in [0.5, 0.6) is 11.5 Å². The van der Waals surface area contributed by atoms with E-state index in [2.05, 4.69) is 153 Å². The molecule has 0 aliphatic rings. The van der Waals surface area contributed by atoms with Crippen LogP contribution in [0.3, 0.4) is 0 Å². The Kier molecular flexibility index (Phi) is 31.9. The summed E-state index contributed by atoms with van der Waals surface area (Å²) in [5.74, 6) is -2.21. The molecule has 0 bridgehead atoms. The molecule has 0 aliphatic carbocycles. The summed E-state index contributed by atoms with van der Waals surface area (Å²) in [5.41, 5.74) is 0.0250. The van der Waals surface area contributed by atoms with E-state index in [0.29, 0.717) is 62.7 Å². The van der Waals surface area contributed by atoms with Crippen molar-refractivity contribution in [1.82, 2.24) is 0 Å². The van der Waals surface area contributed by atoms with Crippen LogP contribution in [0, 0.1) is 0 Å². The van der Waals surface area contributed by atoms with E-state index in [1.165, 1.54) is 6.08 Å². The molecule has 3 aromatic rings. The number of phenolic OH excluding ortho intramolecular Hbond substituents is 1. The van der Waals surface area contributed by atoms with Gasteiger partial charge in [-0.15, -0.1) is 0 Å². The first-order chi connectivity index (χ1) is 45.3. The zero-order chi connectivity index (χ0) is 74.0. The highest BCUT2D eigenvalue weighted by molar-refractivity contribution is 6.86. The summed E-state index contributed by atoms with van der Waals surface area (Å²) in [7, 11) is -14.6. The van der Waals surface area contributed by atoms with Crippen LogP contribution >= 0.6 is 0 Å². The smallest absolute Gasteiger partial charge is 0.345 e. The van der Waals surface area contributed by atoms with Crippen LogP contribution in [0.25, 0.3) is 6.08 Å². The lowest BCUT2D eigenvalue weighted by Gasteiger charge is -2.66. The molecule has 2 unspecified atom stereocenters. The number of ether oxygens (including phenoxy) is 4. The minimum absolute atomic E-state index is 0.0984. The van der Waals surface area contributed by atoms with Crippen molar-refractivity contribution in [2.45, 2.75) is 285 Å². The third kappa shape index (κ3) is 17.6. The molecule has 14 nitrogen and oxygen atoms in total. The Bertz CT molecular complexity index is 3100. The highest BCUT2D eigenvalue weighted by Gasteiger charge is 2.70. The fourth-order valence-electron chi connectivity index (χ4n) is 17.0. The normalized spacial score (nSPS) is 14.2. The van der Waals surface area contributed by atoms with Crippen LogP contribution in [-0.2, 0) is 41.5 Å². The summed E-state index contributed by atoms with van der Waals surface area (Å²) in [5, 5.41) is 10.6. The van der Waals surface area contributed by atoms with Gasteiger partial charge in [-0.25, -0.2) is 14.4 Å². The quantitative estimate of drug-likeness (QED) is 0.0108. The lowest BCUT2D eigenvalue weighted by molar-refractivity contribution is -0.146. The van der Waals surface area contributed by atoms with Crippen LogP contribution in [0.4, 0.5) is 5.69 Å². The molecule has 0 saturated heterocycles. The summed E-state index contributed by atoms with van der Waals surface area (Å²) < 4.78 is 56.9. The Morgan fingerprint density at radius 2 is 0.948 bits per heavy atom. The van der Waals surface area contributed by atoms with Crippen molar-refractivity contribution >= 4 is 76.8 Å². The number of hydrogen-bond donors (Lipinski definition) is 1. The molecular formula is C78H131NO13Si5. The Balaban J connectivity index is 2.40. The molecule has 0 spiro atoms. The van der Waals surface area contributed by atoms with Gasteiger partial charge in [-0.2, -0.15) is 0 Å². The van der Waals surface area contributed by atoms with Gasteiger partial charge in [-0.1, -0.05) is 146 Å². The third-order valence-electron chi connectivity index (χ3n) is 22.8. The molecule has 0 aromatic heterocycles. The van der Waals surface area contributed by atoms with Gasteiger partial charge in [0.15, 0.2) is 22.4 Å². The number of benzene rings is 3. The van der Waals surface area contributed by atoms with Crippen molar-refractivity contribution in [3.63, 3.8) is 0 Å². The number of esters is 3. The number of phenols is 1. The predicted octanol–water partition coefficient (Wildman–Crippen LogP) is 20.4. The summed E-state index contributed by atoms with van der Waals surface area (Å²) in [4.78, 5) is 57.2. The van der Waals surface area contributed by atoms with Gasteiger partial charge < -0.3 is 46.7 Å². The summed E-state index contributed by atoms with van der Waals surface area (Å²) >= 11 is 0. The zero-order valence-corrected chi connectivity index (χ0v) is 70.4. The molecule has 3 aromatic carbocycles. The average molecular weight is 1430 g/mol. The van der Waals surface area contributed by atoms with Crippen LogP contribution in [0.2, 0.25) is 75.5 Å². The fourth-order valence-corrected chi connectivity index (χ4v) is 38.2. The Morgan fingerprint density at radius 1 is 0.485 bits per heavy atom. The van der Waals surface area contributed by atoms with Gasteiger partial charge >= 0.3 is 17.9 Å². The molecule has 3 rings (SSSR count). The molecule has 19 heteroatoms. The van der Waals surface area contributed by atoms with E-state index in [-0.39, 0.29) is 54.4 Å². The van der Waals surface area contributed by atoms with Crippen LogP contribution in [-0.4, -0.2) is 131 Å². The van der Waals surface area contributed by atoms with Crippen molar-refractivity contribution in [3.8, 4) is 11.5 Å². The van der Waals surface area contributed by atoms with E-state index in [4.69, 9.17) is 49.8 Å². The van der Waals surface area contributed by atoms with Gasteiger partial charge in [0.1, 0.15) is 30.3 Å². The maximum Gasteiger partial charge on any atom is 0.345 e. The summed E-state index contributed by atoms with van der Waals surface area (Å²) in [6.07, 6.45) is 10.2. The molecule has 0 heterocycles. The van der Waals surface area contributed by atoms with E-state index in [1.54, 1.807) is 62.4 Å². The highest BCUT2D eigenvalue weighted by Crippen LogP contribution is 2.67. The monoisotopic (exact) mass is 1430 g/mol. The topological polar surface area (TPSA) is 166 Å². The first-order valence-corrected chi connectivity index (χ1v) is 51.3. The molecule has 1 N–H and O–H groups in total. The lowest BCUT2D eigenvalue weighted by Crippen LogP contribution is -2.72. The number of nitrogens with zero attached hydrogens (tertiary/aromatic N) is 1. The maximum atomic E-state index is 14.9. The van der Waals surface area contributed by atoms with Gasteiger partial charge in [0.05, 0.1) is 48.8 Å². The molecule has 2 atom stereocenters. The number of carbonyl (C=O) groups is 4. The maximum absolute atomic E-state index is 14.9. The molecule has 0 radical (unpaired) electrons. The van der Waals surface area contributed by atoms with E-state index >= 15 is 0 Å². The van der Waals surface area contributed by atoms with E-state index in [0.717, 1.165) is 54.9 Å². The number of ketones is 1. The molecular weight excluding hydrogens is 1300 g/mol. The largest absolute Gasteiger partial charge is 0.507 e. The second kappa shape index (κ2) is 35.7. The number of hydrogen-bond acceptors (Lipinski definition) is 14. The van der Waals surface area contributed by atoms with Gasteiger partial charge in [0.2, 0.25) is 8.32 Å². The number of aromatic hydroxyl groups is 1. The first-order valence-electron chi connectivity index (χ1n) is 36.7. The standard InChI is InChI=1S/C78H131NO13Si5/c1-29-73(30-2,90-97(28,78(39-11,40-12)91-94(22,23)24)60(18)57-87-63-52-49-61(50-53-63)55-67(71(83)85-43-15)72(84)86-44-16)75(33-5,34-6)95(25,26)89-74(31-3,32-4)76(35-7,36-8)96(27,92-77(37-9,38-10)93(19,20)21)59(17)58-88-70(82)65-48-46-45-47-64(65)69(81)66-54-51-62(56-68(66)80)79(41-13)42-14/h45-56,80H,17-18,29-44,57-58H2,1-16,19-28H3. The third-order valence-corrected chi connectivity index (χ3v) is 42.3. The Morgan fingerprint density at radius 3 is 1.36 bits per heavy atom. The number of carbonyl (C=O) groups excluding carboxylic acids is 4. The van der Waals surface area contributed by atoms with E-state index < -0.39 is 96.8 Å².